The Morgan fingerprint density at radius 3 is 2.30 bits per heavy atom. The van der Waals surface area contributed by atoms with Crippen molar-refractivity contribution in [2.45, 2.75) is 62.9 Å². The Bertz CT molecular complexity index is 751. The van der Waals surface area contributed by atoms with Gasteiger partial charge in [-0.3, -0.25) is 9.59 Å². The lowest BCUT2D eigenvalue weighted by molar-refractivity contribution is -0.154. The van der Waals surface area contributed by atoms with Gasteiger partial charge in [0, 0.05) is 18.5 Å². The molecule has 1 aliphatic heterocycles. The lowest BCUT2D eigenvalue weighted by atomic mass is 9.97. The SMILES string of the molecule is CNS(=O)(=O)c1ccc(CCC(=O)OCC(=O)N2C(C)CCCC2C)cc1. The Balaban J connectivity index is 1.80. The first-order valence-corrected chi connectivity index (χ1v) is 10.7. The van der Waals surface area contributed by atoms with Crippen LogP contribution in [0.3, 0.4) is 0 Å². The third kappa shape index (κ3) is 5.77. The normalized spacial score (nSPS) is 20.3. The van der Waals surface area contributed by atoms with Crippen LogP contribution in [0, 0.1) is 0 Å². The maximum Gasteiger partial charge on any atom is 0.306 e. The first kappa shape index (κ1) is 21.4. The number of carbonyl (C=O) groups is 2. The van der Waals surface area contributed by atoms with Crippen LogP contribution in [0.25, 0.3) is 0 Å². The molecule has 7 nitrogen and oxygen atoms in total. The van der Waals surface area contributed by atoms with Gasteiger partial charge in [0.2, 0.25) is 10.0 Å². The molecule has 2 unspecified atom stereocenters. The second-order valence-corrected chi connectivity index (χ2v) is 8.83. The number of amides is 1. The molecule has 1 fully saturated rings. The minimum atomic E-state index is -3.47. The third-order valence-electron chi connectivity index (χ3n) is 4.96. The van der Waals surface area contributed by atoms with E-state index < -0.39 is 16.0 Å². The lowest BCUT2D eigenvalue weighted by Gasteiger charge is -2.38. The van der Waals surface area contributed by atoms with Crippen LogP contribution in [-0.4, -0.2) is 50.9 Å². The molecule has 8 heteroatoms. The fourth-order valence-electron chi connectivity index (χ4n) is 3.40. The predicted octanol–water partition coefficient (Wildman–Crippen LogP) is 1.86. The predicted molar refractivity (Wildman–Crippen MR) is 102 cm³/mol. The Labute approximate surface area is 161 Å². The topological polar surface area (TPSA) is 92.8 Å². The summed E-state index contributed by atoms with van der Waals surface area (Å²) in [7, 11) is -2.11. The van der Waals surface area contributed by atoms with Crippen LogP contribution >= 0.6 is 0 Å². The van der Waals surface area contributed by atoms with Gasteiger partial charge in [-0.1, -0.05) is 12.1 Å². The fourth-order valence-corrected chi connectivity index (χ4v) is 4.13. The number of carbonyl (C=O) groups excluding carboxylic acids is 2. The average molecular weight is 397 g/mol. The van der Waals surface area contributed by atoms with Crippen molar-refractivity contribution in [3.63, 3.8) is 0 Å². The van der Waals surface area contributed by atoms with E-state index in [1.807, 2.05) is 18.7 Å². The third-order valence-corrected chi connectivity index (χ3v) is 6.39. The molecular formula is C19H28N2O5S. The number of sulfonamides is 1. The molecule has 1 aromatic rings. The summed E-state index contributed by atoms with van der Waals surface area (Å²) in [6.45, 7) is 3.81. The molecule has 1 aliphatic rings. The largest absolute Gasteiger partial charge is 0.456 e. The van der Waals surface area contributed by atoms with E-state index in [-0.39, 0.29) is 35.9 Å². The van der Waals surface area contributed by atoms with Crippen LogP contribution < -0.4 is 4.72 Å². The van der Waals surface area contributed by atoms with Crippen LogP contribution in [-0.2, 0) is 30.8 Å². The summed E-state index contributed by atoms with van der Waals surface area (Å²) < 4.78 is 30.8. The number of benzene rings is 1. The summed E-state index contributed by atoms with van der Waals surface area (Å²) in [4.78, 5) is 26.3. The van der Waals surface area contributed by atoms with E-state index in [0.29, 0.717) is 6.42 Å². The molecule has 0 bridgehead atoms. The first-order chi connectivity index (χ1) is 12.7. The van der Waals surface area contributed by atoms with E-state index in [1.165, 1.54) is 19.2 Å². The van der Waals surface area contributed by atoms with Gasteiger partial charge in [0.1, 0.15) is 0 Å². The number of rotatable bonds is 7. The van der Waals surface area contributed by atoms with E-state index in [2.05, 4.69) is 4.72 Å². The molecule has 2 rings (SSSR count). The number of hydrogen-bond donors (Lipinski definition) is 1. The van der Waals surface area contributed by atoms with Crippen molar-refractivity contribution < 1.29 is 22.7 Å². The van der Waals surface area contributed by atoms with Gasteiger partial charge in [-0.25, -0.2) is 13.1 Å². The van der Waals surface area contributed by atoms with Crippen LogP contribution in [0.4, 0.5) is 0 Å². The Kier molecular flexibility index (Phi) is 7.38. The number of esters is 1. The second kappa shape index (κ2) is 9.32. The quantitative estimate of drug-likeness (QED) is 0.710. The summed E-state index contributed by atoms with van der Waals surface area (Å²) in [5.41, 5.74) is 0.826. The standard InChI is InChI=1S/C19H28N2O5S/c1-14-5-4-6-15(2)21(14)18(22)13-26-19(23)12-9-16-7-10-17(11-8-16)27(24,25)20-3/h7-8,10-11,14-15,20H,4-6,9,12-13H2,1-3H3. The Morgan fingerprint density at radius 2 is 1.74 bits per heavy atom. The molecule has 1 heterocycles. The smallest absolute Gasteiger partial charge is 0.306 e. The molecule has 0 radical (unpaired) electrons. The number of nitrogens with one attached hydrogen (secondary N) is 1. The highest BCUT2D eigenvalue weighted by Crippen LogP contribution is 2.22. The van der Waals surface area contributed by atoms with Crippen molar-refractivity contribution in [1.82, 2.24) is 9.62 Å². The van der Waals surface area contributed by atoms with Crippen LogP contribution in [0.5, 0.6) is 0 Å². The number of likely N-dealkylation sites (tertiary alicyclic amines) is 1. The van der Waals surface area contributed by atoms with Gasteiger partial charge >= 0.3 is 5.97 Å². The van der Waals surface area contributed by atoms with Gasteiger partial charge in [-0.15, -0.1) is 0 Å². The molecule has 150 valence electrons. The number of ether oxygens (including phenoxy) is 1. The van der Waals surface area contributed by atoms with Gasteiger partial charge in [-0.2, -0.15) is 0 Å². The molecule has 1 amide bonds. The van der Waals surface area contributed by atoms with Crippen molar-refractivity contribution in [3.05, 3.63) is 29.8 Å². The molecule has 1 aromatic carbocycles. The van der Waals surface area contributed by atoms with Crippen molar-refractivity contribution in [2.75, 3.05) is 13.7 Å². The molecule has 27 heavy (non-hydrogen) atoms. The minimum Gasteiger partial charge on any atom is -0.456 e. The van der Waals surface area contributed by atoms with Crippen molar-refractivity contribution >= 4 is 21.9 Å². The number of aryl methyl sites for hydroxylation is 1. The van der Waals surface area contributed by atoms with Crippen LogP contribution in [0.1, 0.15) is 45.1 Å². The van der Waals surface area contributed by atoms with Crippen molar-refractivity contribution in [3.8, 4) is 0 Å². The van der Waals surface area contributed by atoms with Crippen molar-refractivity contribution in [1.29, 1.82) is 0 Å². The van der Waals surface area contributed by atoms with E-state index >= 15 is 0 Å². The van der Waals surface area contributed by atoms with E-state index in [9.17, 15) is 18.0 Å². The van der Waals surface area contributed by atoms with E-state index in [0.717, 1.165) is 24.8 Å². The van der Waals surface area contributed by atoms with Gasteiger partial charge in [0.05, 0.1) is 4.90 Å². The monoisotopic (exact) mass is 396 g/mol. The minimum absolute atomic E-state index is 0.135. The maximum atomic E-state index is 12.3. The Hall–Kier alpha value is -1.93. The second-order valence-electron chi connectivity index (χ2n) is 6.94. The number of nitrogens with zero attached hydrogens (tertiary/aromatic N) is 1. The number of hydrogen-bond acceptors (Lipinski definition) is 5. The molecule has 1 saturated heterocycles. The molecule has 0 saturated carbocycles. The number of piperidine rings is 1. The summed E-state index contributed by atoms with van der Waals surface area (Å²) in [6, 6.07) is 6.67. The average Bonchev–Trinajstić information content (AvgIpc) is 2.65. The highest BCUT2D eigenvalue weighted by Gasteiger charge is 2.29. The van der Waals surface area contributed by atoms with Gasteiger partial charge in [-0.05, 0) is 64.3 Å². The zero-order valence-corrected chi connectivity index (χ0v) is 16.9. The molecule has 0 spiro atoms. The summed E-state index contributed by atoms with van der Waals surface area (Å²) >= 11 is 0. The molecular weight excluding hydrogens is 368 g/mol. The fraction of sp³-hybridized carbons (Fsp3) is 0.579. The highest BCUT2D eigenvalue weighted by atomic mass is 32.2. The summed E-state index contributed by atoms with van der Waals surface area (Å²) in [5, 5.41) is 0. The Morgan fingerprint density at radius 1 is 1.15 bits per heavy atom. The van der Waals surface area contributed by atoms with Gasteiger partial charge in [0.15, 0.2) is 6.61 Å². The van der Waals surface area contributed by atoms with Crippen LogP contribution in [0.2, 0.25) is 0 Å². The van der Waals surface area contributed by atoms with Gasteiger partial charge < -0.3 is 9.64 Å². The summed E-state index contributed by atoms with van der Waals surface area (Å²) in [6.07, 6.45) is 3.62. The zero-order chi connectivity index (χ0) is 20.0. The van der Waals surface area contributed by atoms with E-state index in [4.69, 9.17) is 4.74 Å². The van der Waals surface area contributed by atoms with E-state index in [1.54, 1.807) is 12.1 Å². The molecule has 0 aromatic heterocycles. The first-order valence-electron chi connectivity index (χ1n) is 9.24. The lowest BCUT2D eigenvalue weighted by Crippen LogP contribution is -2.49. The molecule has 1 N–H and O–H groups in total. The van der Waals surface area contributed by atoms with Crippen molar-refractivity contribution in [2.24, 2.45) is 0 Å². The maximum absolute atomic E-state index is 12.3. The van der Waals surface area contributed by atoms with Gasteiger partial charge in [0.25, 0.3) is 5.91 Å². The highest BCUT2D eigenvalue weighted by molar-refractivity contribution is 7.89. The molecule has 0 aliphatic carbocycles. The summed E-state index contributed by atoms with van der Waals surface area (Å²) in [5.74, 6) is -0.586. The van der Waals surface area contributed by atoms with Crippen LogP contribution in [0.15, 0.2) is 29.2 Å². The zero-order valence-electron chi connectivity index (χ0n) is 16.1. The molecule has 2 atom stereocenters.